The number of imide groups is 1. The Balaban J connectivity index is 2.80. The minimum atomic E-state index is -4.55. The summed E-state index contributed by atoms with van der Waals surface area (Å²) in [6, 6.07) is 3.65. The summed E-state index contributed by atoms with van der Waals surface area (Å²) in [5, 5.41) is 0. The van der Waals surface area contributed by atoms with Crippen molar-refractivity contribution < 1.29 is 22.6 Å². The molecule has 1 aliphatic heterocycles. The van der Waals surface area contributed by atoms with Crippen LogP contribution in [0.4, 0.5) is 0 Å². The maximum absolute atomic E-state index is 11.8. The molecule has 1 N–H and O–H groups in total. The van der Waals surface area contributed by atoms with Crippen molar-refractivity contribution in [3.63, 3.8) is 0 Å². The highest BCUT2D eigenvalue weighted by molar-refractivity contribution is 7.86. The first-order valence-electron chi connectivity index (χ1n) is 4.49. The Kier molecular flexibility index (Phi) is 2.37. The molecule has 0 spiro atoms. The number of fused-ring (bicyclic) bond motifs is 1. The maximum atomic E-state index is 11.8. The zero-order valence-electron chi connectivity index (χ0n) is 8.45. The van der Waals surface area contributed by atoms with Crippen LogP contribution < -0.4 is 0 Å². The van der Waals surface area contributed by atoms with Crippen LogP contribution in [0.15, 0.2) is 35.9 Å². The third-order valence-electron chi connectivity index (χ3n) is 2.37. The van der Waals surface area contributed by atoms with Gasteiger partial charge in [-0.05, 0) is 12.1 Å². The van der Waals surface area contributed by atoms with Gasteiger partial charge in [-0.3, -0.25) is 14.1 Å². The highest BCUT2D eigenvalue weighted by Gasteiger charge is 2.38. The van der Waals surface area contributed by atoms with E-state index in [1.807, 2.05) is 0 Å². The molecule has 0 atom stereocenters. The Bertz CT molecular complexity index is 647. The molecule has 1 aromatic rings. The Morgan fingerprint density at radius 2 is 1.88 bits per heavy atom. The predicted octanol–water partition coefficient (Wildman–Crippen LogP) is 0.673. The van der Waals surface area contributed by atoms with E-state index in [4.69, 9.17) is 4.55 Å². The molecule has 1 heterocycles. The van der Waals surface area contributed by atoms with Crippen LogP contribution in [0, 0.1) is 0 Å². The van der Waals surface area contributed by atoms with Gasteiger partial charge in [-0.25, -0.2) is 4.90 Å². The quantitative estimate of drug-likeness (QED) is 0.618. The van der Waals surface area contributed by atoms with Crippen molar-refractivity contribution in [2.75, 3.05) is 0 Å². The Morgan fingerprint density at radius 3 is 2.41 bits per heavy atom. The first-order valence-corrected chi connectivity index (χ1v) is 5.93. The summed E-state index contributed by atoms with van der Waals surface area (Å²) in [5.41, 5.74) is -0.384. The highest BCUT2D eigenvalue weighted by Crippen LogP contribution is 2.28. The zero-order valence-corrected chi connectivity index (χ0v) is 9.27. The molecule has 6 nitrogen and oxygen atoms in total. The van der Waals surface area contributed by atoms with Gasteiger partial charge in [0, 0.05) is 6.20 Å². The Hall–Kier alpha value is -1.99. The topological polar surface area (TPSA) is 91.8 Å². The molecule has 0 bridgehead atoms. The predicted molar refractivity (Wildman–Crippen MR) is 57.0 cm³/mol. The molecule has 0 aromatic heterocycles. The normalized spacial score (nSPS) is 15.0. The molecule has 1 aliphatic rings. The monoisotopic (exact) mass is 253 g/mol. The van der Waals surface area contributed by atoms with Gasteiger partial charge in [-0.15, -0.1) is 0 Å². The first-order chi connectivity index (χ1) is 7.88. The van der Waals surface area contributed by atoms with Gasteiger partial charge in [0.1, 0.15) is 4.90 Å². The number of benzene rings is 1. The van der Waals surface area contributed by atoms with E-state index in [2.05, 4.69) is 6.58 Å². The number of hydrogen-bond donors (Lipinski definition) is 1. The number of carbonyl (C=O) groups excluding carboxylic acids is 2. The van der Waals surface area contributed by atoms with Crippen molar-refractivity contribution in [2.24, 2.45) is 0 Å². The number of carbonyl (C=O) groups is 2. The van der Waals surface area contributed by atoms with Crippen molar-refractivity contribution in [1.29, 1.82) is 0 Å². The molecule has 0 unspecified atom stereocenters. The van der Waals surface area contributed by atoms with E-state index in [9.17, 15) is 18.0 Å². The van der Waals surface area contributed by atoms with Crippen molar-refractivity contribution in [3.05, 3.63) is 42.1 Å². The van der Waals surface area contributed by atoms with E-state index in [1.165, 1.54) is 12.1 Å². The minimum absolute atomic E-state index is 0.0648. The van der Waals surface area contributed by atoms with Crippen LogP contribution in [-0.2, 0) is 10.1 Å². The largest absolute Gasteiger partial charge is 0.295 e. The van der Waals surface area contributed by atoms with Gasteiger partial charge in [0.05, 0.1) is 11.1 Å². The van der Waals surface area contributed by atoms with E-state index >= 15 is 0 Å². The van der Waals surface area contributed by atoms with E-state index in [1.54, 1.807) is 0 Å². The van der Waals surface area contributed by atoms with Gasteiger partial charge in [-0.2, -0.15) is 8.42 Å². The average Bonchev–Trinajstić information content (AvgIpc) is 2.50. The van der Waals surface area contributed by atoms with Crippen molar-refractivity contribution in [2.45, 2.75) is 4.90 Å². The SMILES string of the molecule is C=CN1C(=O)c2cccc(S(=O)(=O)O)c2C1=O. The Morgan fingerprint density at radius 1 is 1.24 bits per heavy atom. The summed E-state index contributed by atoms with van der Waals surface area (Å²) < 4.78 is 31.2. The summed E-state index contributed by atoms with van der Waals surface area (Å²) in [7, 11) is -4.55. The summed E-state index contributed by atoms with van der Waals surface area (Å²) in [6.45, 7) is 3.29. The van der Waals surface area contributed by atoms with E-state index in [0.717, 1.165) is 12.3 Å². The molecule has 2 amide bonds. The molecule has 7 heteroatoms. The van der Waals surface area contributed by atoms with Gasteiger partial charge in [0.25, 0.3) is 21.9 Å². The molecule has 2 rings (SSSR count). The molecule has 0 saturated heterocycles. The second-order valence-electron chi connectivity index (χ2n) is 3.32. The summed E-state index contributed by atoms with van der Waals surface area (Å²) in [5.74, 6) is -1.47. The molecular formula is C10H7NO5S. The fourth-order valence-corrected chi connectivity index (χ4v) is 2.36. The standard InChI is InChI=1S/C10H7NO5S/c1-2-11-9(12)6-4-3-5-7(17(14,15)16)8(6)10(11)13/h2-5H,1H2,(H,14,15,16). The van der Waals surface area contributed by atoms with E-state index in [-0.39, 0.29) is 11.1 Å². The smallest absolute Gasteiger partial charge is 0.282 e. The third kappa shape index (κ3) is 1.56. The van der Waals surface area contributed by atoms with Crippen molar-refractivity contribution in [1.82, 2.24) is 4.90 Å². The zero-order chi connectivity index (χ0) is 12.8. The Labute approximate surface area is 96.9 Å². The molecule has 88 valence electrons. The van der Waals surface area contributed by atoms with Gasteiger partial charge in [0.15, 0.2) is 0 Å². The second kappa shape index (κ2) is 3.51. The van der Waals surface area contributed by atoms with E-state index < -0.39 is 26.8 Å². The number of nitrogens with zero attached hydrogens (tertiary/aromatic N) is 1. The van der Waals surface area contributed by atoms with Gasteiger partial charge < -0.3 is 0 Å². The fourth-order valence-electron chi connectivity index (χ4n) is 1.65. The van der Waals surface area contributed by atoms with Crippen LogP contribution in [0.1, 0.15) is 20.7 Å². The van der Waals surface area contributed by atoms with Gasteiger partial charge >= 0.3 is 0 Å². The minimum Gasteiger partial charge on any atom is -0.282 e. The second-order valence-corrected chi connectivity index (χ2v) is 4.71. The molecular weight excluding hydrogens is 246 g/mol. The van der Waals surface area contributed by atoms with Crippen LogP contribution in [0.25, 0.3) is 0 Å². The lowest BCUT2D eigenvalue weighted by atomic mass is 10.1. The van der Waals surface area contributed by atoms with Crippen molar-refractivity contribution >= 4 is 21.9 Å². The number of amides is 2. The van der Waals surface area contributed by atoms with Crippen LogP contribution in [0.3, 0.4) is 0 Å². The van der Waals surface area contributed by atoms with Crippen LogP contribution in [-0.4, -0.2) is 29.7 Å². The van der Waals surface area contributed by atoms with Crippen LogP contribution in [0.2, 0.25) is 0 Å². The van der Waals surface area contributed by atoms with Gasteiger partial charge in [-0.1, -0.05) is 12.6 Å². The summed E-state index contributed by atoms with van der Waals surface area (Å²) in [4.78, 5) is 23.6. The average molecular weight is 253 g/mol. The molecule has 0 fully saturated rings. The summed E-state index contributed by atoms with van der Waals surface area (Å²) >= 11 is 0. The van der Waals surface area contributed by atoms with E-state index in [0.29, 0.717) is 4.90 Å². The lowest BCUT2D eigenvalue weighted by Crippen LogP contribution is -2.23. The van der Waals surface area contributed by atoms with Crippen LogP contribution >= 0.6 is 0 Å². The fraction of sp³-hybridized carbons (Fsp3) is 0. The van der Waals surface area contributed by atoms with Crippen molar-refractivity contribution in [3.8, 4) is 0 Å². The molecule has 0 radical (unpaired) electrons. The lowest BCUT2D eigenvalue weighted by Gasteiger charge is -2.05. The van der Waals surface area contributed by atoms with Crippen LogP contribution in [0.5, 0.6) is 0 Å². The maximum Gasteiger partial charge on any atom is 0.295 e. The highest BCUT2D eigenvalue weighted by atomic mass is 32.2. The number of rotatable bonds is 2. The molecule has 1 aromatic carbocycles. The molecule has 0 saturated carbocycles. The number of hydrogen-bond acceptors (Lipinski definition) is 4. The molecule has 17 heavy (non-hydrogen) atoms. The van der Waals surface area contributed by atoms with Gasteiger partial charge in [0.2, 0.25) is 0 Å². The third-order valence-corrected chi connectivity index (χ3v) is 3.26. The first kappa shape index (κ1) is 11.5. The lowest BCUT2D eigenvalue weighted by molar-refractivity contribution is 0.0720. The summed E-state index contributed by atoms with van der Waals surface area (Å²) in [6.07, 6.45) is 0.998. The molecule has 0 aliphatic carbocycles.